The Kier molecular flexibility index (Phi) is 4.25. The average molecular weight is 173 g/mol. The Morgan fingerprint density at radius 3 is 2.69 bits per heavy atom. The molecule has 0 unspecified atom stereocenters. The van der Waals surface area contributed by atoms with Gasteiger partial charge in [0.2, 0.25) is 6.41 Å². The van der Waals surface area contributed by atoms with Crippen LogP contribution in [0.1, 0.15) is 12.0 Å². The van der Waals surface area contributed by atoms with E-state index in [-0.39, 0.29) is 0 Å². The Bertz CT molecular complexity index is 301. The highest BCUT2D eigenvalue weighted by Gasteiger charge is 1.80. The average Bonchev–Trinajstić information content (AvgIpc) is 2.19. The first-order chi connectivity index (χ1) is 6.43. The number of nitrogens with zero attached hydrogens (tertiary/aromatic N) is 1. The maximum Gasteiger partial charge on any atom is 0.232 e. The Balaban J connectivity index is 2.41. The smallest absolute Gasteiger partial charge is 0.232 e. The fourth-order valence-corrected chi connectivity index (χ4v) is 0.933. The molecule has 0 aliphatic rings. The van der Waals surface area contributed by atoms with Crippen LogP contribution >= 0.6 is 0 Å². The van der Waals surface area contributed by atoms with Gasteiger partial charge in [-0.05, 0) is 5.56 Å². The van der Waals surface area contributed by atoms with Gasteiger partial charge in [-0.25, -0.2) is 4.99 Å². The van der Waals surface area contributed by atoms with Gasteiger partial charge < -0.3 is 0 Å². The van der Waals surface area contributed by atoms with Crippen molar-refractivity contribution in [3.63, 3.8) is 0 Å². The molecule has 1 aromatic rings. The molecule has 0 bridgehead atoms. The van der Waals surface area contributed by atoms with Crippen molar-refractivity contribution in [2.75, 3.05) is 0 Å². The van der Waals surface area contributed by atoms with Crippen LogP contribution in [0.2, 0.25) is 0 Å². The molecule has 0 N–H and O–H groups in total. The standard InChI is InChI=1S/C11H11NO/c13-10-12-9-5-4-8-11-6-2-1-3-7-11/h1-4,6-10H,5H2/b8-4+,12-9+. The van der Waals surface area contributed by atoms with Crippen LogP contribution in [-0.4, -0.2) is 12.6 Å². The molecule has 0 heterocycles. The van der Waals surface area contributed by atoms with E-state index in [1.807, 2.05) is 42.5 Å². The predicted octanol–water partition coefficient (Wildman–Crippen LogP) is 2.32. The Hall–Kier alpha value is -1.70. The molecule has 0 saturated carbocycles. The molecule has 2 nitrogen and oxygen atoms in total. The molecule has 1 rings (SSSR count). The van der Waals surface area contributed by atoms with Crippen molar-refractivity contribution in [1.82, 2.24) is 0 Å². The molecule has 0 aliphatic carbocycles. The maximum atomic E-state index is 9.82. The van der Waals surface area contributed by atoms with E-state index in [2.05, 4.69) is 4.99 Å². The minimum absolute atomic E-state index is 0.538. The molecule has 1 aromatic carbocycles. The summed E-state index contributed by atoms with van der Waals surface area (Å²) in [5.41, 5.74) is 1.15. The van der Waals surface area contributed by atoms with Gasteiger partial charge >= 0.3 is 0 Å². The Morgan fingerprint density at radius 2 is 2.00 bits per heavy atom. The summed E-state index contributed by atoms with van der Waals surface area (Å²) in [6.45, 7) is 0. The maximum absolute atomic E-state index is 9.82. The number of rotatable bonds is 4. The van der Waals surface area contributed by atoms with Crippen molar-refractivity contribution >= 4 is 18.7 Å². The summed E-state index contributed by atoms with van der Waals surface area (Å²) in [6, 6.07) is 9.99. The lowest BCUT2D eigenvalue weighted by Gasteiger charge is -1.88. The summed E-state index contributed by atoms with van der Waals surface area (Å²) in [4.78, 5) is 13.3. The summed E-state index contributed by atoms with van der Waals surface area (Å²) in [5.74, 6) is 0. The normalized spacial score (nSPS) is 11.1. The van der Waals surface area contributed by atoms with Gasteiger partial charge in [-0.15, -0.1) is 0 Å². The lowest BCUT2D eigenvalue weighted by molar-refractivity contribution is -0.106. The fourth-order valence-electron chi connectivity index (χ4n) is 0.933. The van der Waals surface area contributed by atoms with Crippen LogP contribution in [0.3, 0.4) is 0 Å². The number of hydrogen-bond donors (Lipinski definition) is 0. The predicted molar refractivity (Wildman–Crippen MR) is 54.6 cm³/mol. The van der Waals surface area contributed by atoms with Crippen LogP contribution < -0.4 is 0 Å². The topological polar surface area (TPSA) is 29.4 Å². The molecule has 0 saturated heterocycles. The van der Waals surface area contributed by atoms with Gasteiger partial charge in [0.05, 0.1) is 0 Å². The first-order valence-corrected chi connectivity index (χ1v) is 4.10. The minimum atomic E-state index is 0.538. The molecular weight excluding hydrogens is 162 g/mol. The summed E-state index contributed by atoms with van der Waals surface area (Å²) >= 11 is 0. The molecule has 0 radical (unpaired) electrons. The van der Waals surface area contributed by atoms with E-state index in [0.29, 0.717) is 12.8 Å². The van der Waals surface area contributed by atoms with Gasteiger partial charge in [0, 0.05) is 12.6 Å². The Labute approximate surface area is 77.6 Å². The molecule has 0 spiro atoms. The molecule has 0 fully saturated rings. The lowest BCUT2D eigenvalue weighted by atomic mass is 10.2. The first-order valence-electron chi connectivity index (χ1n) is 4.10. The van der Waals surface area contributed by atoms with Crippen LogP contribution in [0.4, 0.5) is 0 Å². The molecule has 66 valence electrons. The van der Waals surface area contributed by atoms with Gasteiger partial charge in [0.1, 0.15) is 0 Å². The number of carbonyl (C=O) groups is 1. The van der Waals surface area contributed by atoms with Gasteiger partial charge in [0.15, 0.2) is 0 Å². The van der Waals surface area contributed by atoms with E-state index in [0.717, 1.165) is 5.56 Å². The SMILES string of the molecule is O=C/N=C/C/C=C/c1ccccc1. The zero-order valence-corrected chi connectivity index (χ0v) is 7.26. The molecule has 0 aromatic heterocycles. The second-order valence-electron chi connectivity index (χ2n) is 2.49. The molecule has 0 aliphatic heterocycles. The Morgan fingerprint density at radius 1 is 1.23 bits per heavy atom. The number of hydrogen-bond acceptors (Lipinski definition) is 1. The first kappa shape index (κ1) is 9.39. The number of carbonyl (C=O) groups excluding carboxylic acids is 1. The highest BCUT2D eigenvalue weighted by atomic mass is 16.1. The van der Waals surface area contributed by atoms with Crippen molar-refractivity contribution in [2.45, 2.75) is 6.42 Å². The second-order valence-corrected chi connectivity index (χ2v) is 2.49. The molecule has 2 heteroatoms. The highest BCUT2D eigenvalue weighted by molar-refractivity contribution is 5.71. The van der Waals surface area contributed by atoms with E-state index in [4.69, 9.17) is 0 Å². The second kappa shape index (κ2) is 5.89. The quantitative estimate of drug-likeness (QED) is 0.507. The van der Waals surface area contributed by atoms with Crippen LogP contribution in [-0.2, 0) is 4.79 Å². The van der Waals surface area contributed by atoms with E-state index >= 15 is 0 Å². The fraction of sp³-hybridized carbons (Fsp3) is 0.0909. The molecule has 1 amide bonds. The summed E-state index contributed by atoms with van der Waals surface area (Å²) in [5, 5.41) is 0. The van der Waals surface area contributed by atoms with Crippen LogP contribution in [0.15, 0.2) is 41.4 Å². The van der Waals surface area contributed by atoms with Gasteiger partial charge in [0.25, 0.3) is 0 Å². The van der Waals surface area contributed by atoms with E-state index < -0.39 is 0 Å². The van der Waals surface area contributed by atoms with Crippen molar-refractivity contribution in [1.29, 1.82) is 0 Å². The third kappa shape index (κ3) is 4.01. The molecular formula is C11H11NO. The third-order valence-electron chi connectivity index (χ3n) is 1.52. The number of aliphatic imine (C=N–C) groups is 1. The monoisotopic (exact) mass is 173 g/mol. The van der Waals surface area contributed by atoms with Gasteiger partial charge in [-0.2, -0.15) is 0 Å². The molecule has 13 heavy (non-hydrogen) atoms. The third-order valence-corrected chi connectivity index (χ3v) is 1.52. The molecule has 0 atom stereocenters. The van der Waals surface area contributed by atoms with E-state index in [9.17, 15) is 4.79 Å². The van der Waals surface area contributed by atoms with Gasteiger partial charge in [-0.3, -0.25) is 4.79 Å². The summed E-state index contributed by atoms with van der Waals surface area (Å²) in [7, 11) is 0. The zero-order chi connectivity index (χ0) is 9.36. The van der Waals surface area contributed by atoms with Crippen molar-refractivity contribution < 1.29 is 4.79 Å². The minimum Gasteiger partial charge on any atom is -0.276 e. The van der Waals surface area contributed by atoms with Crippen molar-refractivity contribution in [2.24, 2.45) is 4.99 Å². The van der Waals surface area contributed by atoms with Crippen molar-refractivity contribution in [3.05, 3.63) is 42.0 Å². The highest BCUT2D eigenvalue weighted by Crippen LogP contribution is 2.00. The van der Waals surface area contributed by atoms with Crippen LogP contribution in [0.25, 0.3) is 6.08 Å². The van der Waals surface area contributed by atoms with E-state index in [1.165, 1.54) is 0 Å². The van der Waals surface area contributed by atoms with Crippen LogP contribution in [0.5, 0.6) is 0 Å². The summed E-state index contributed by atoms with van der Waals surface area (Å²) < 4.78 is 0. The lowest BCUT2D eigenvalue weighted by Crippen LogP contribution is -1.72. The summed E-state index contributed by atoms with van der Waals surface area (Å²) in [6.07, 6.45) is 6.76. The number of benzene rings is 1. The van der Waals surface area contributed by atoms with Crippen LogP contribution in [0, 0.1) is 0 Å². The van der Waals surface area contributed by atoms with E-state index in [1.54, 1.807) is 6.21 Å². The number of allylic oxidation sites excluding steroid dienone is 1. The number of amides is 1. The van der Waals surface area contributed by atoms with Gasteiger partial charge in [-0.1, -0.05) is 42.5 Å². The zero-order valence-electron chi connectivity index (χ0n) is 7.26. The largest absolute Gasteiger partial charge is 0.276 e. The van der Waals surface area contributed by atoms with Crippen molar-refractivity contribution in [3.8, 4) is 0 Å².